The molecule has 0 radical (unpaired) electrons. The standard InChI is InChI=1S/C22H28ClN3O/c1-5-25(6-2)12-13-26-20-14-18(23)10-11-19(20)24-22(26)15-27-21-9-7-8-16(3)17(21)4/h7-11,14H,5-6,12-13,15H2,1-4H3. The zero-order chi connectivity index (χ0) is 19.4. The molecule has 0 saturated heterocycles. The van der Waals surface area contributed by atoms with Crippen LogP contribution in [0.2, 0.25) is 5.02 Å². The molecule has 0 bridgehead atoms. The van der Waals surface area contributed by atoms with Gasteiger partial charge in [-0.3, -0.25) is 0 Å². The molecule has 4 nitrogen and oxygen atoms in total. The summed E-state index contributed by atoms with van der Waals surface area (Å²) in [4.78, 5) is 7.22. The van der Waals surface area contributed by atoms with E-state index < -0.39 is 0 Å². The molecule has 144 valence electrons. The monoisotopic (exact) mass is 385 g/mol. The lowest BCUT2D eigenvalue weighted by molar-refractivity contribution is 0.270. The number of benzene rings is 2. The summed E-state index contributed by atoms with van der Waals surface area (Å²) in [6, 6.07) is 12.0. The largest absolute Gasteiger partial charge is 0.485 e. The van der Waals surface area contributed by atoms with Gasteiger partial charge >= 0.3 is 0 Å². The molecule has 2 aromatic carbocycles. The maximum absolute atomic E-state index is 6.25. The Kier molecular flexibility index (Phi) is 6.40. The molecule has 0 saturated carbocycles. The molecule has 0 aliphatic carbocycles. The summed E-state index contributed by atoms with van der Waals surface area (Å²) in [7, 11) is 0. The van der Waals surface area contributed by atoms with Crippen LogP contribution in [0, 0.1) is 13.8 Å². The van der Waals surface area contributed by atoms with E-state index >= 15 is 0 Å². The van der Waals surface area contributed by atoms with Crippen molar-refractivity contribution in [3.63, 3.8) is 0 Å². The third kappa shape index (κ3) is 4.45. The first-order chi connectivity index (χ1) is 13.0. The molecule has 3 rings (SSSR count). The molecule has 0 N–H and O–H groups in total. The molecule has 0 amide bonds. The Morgan fingerprint density at radius 3 is 2.63 bits per heavy atom. The fourth-order valence-electron chi connectivity index (χ4n) is 3.31. The van der Waals surface area contributed by atoms with Crippen LogP contribution in [0.1, 0.15) is 30.8 Å². The second-order valence-corrected chi connectivity index (χ2v) is 7.26. The van der Waals surface area contributed by atoms with Crippen LogP contribution in [0.25, 0.3) is 11.0 Å². The Labute approximate surface area is 166 Å². The lowest BCUT2D eigenvalue weighted by atomic mass is 10.1. The number of ether oxygens (including phenoxy) is 1. The lowest BCUT2D eigenvalue weighted by Gasteiger charge is -2.19. The number of aromatic nitrogens is 2. The van der Waals surface area contributed by atoms with Gasteiger partial charge in [0.1, 0.15) is 18.2 Å². The zero-order valence-corrected chi connectivity index (χ0v) is 17.4. The van der Waals surface area contributed by atoms with Crippen LogP contribution in [0.15, 0.2) is 36.4 Å². The van der Waals surface area contributed by atoms with Crippen LogP contribution in [-0.2, 0) is 13.2 Å². The van der Waals surface area contributed by atoms with Gasteiger partial charge in [0.2, 0.25) is 0 Å². The molecular weight excluding hydrogens is 358 g/mol. The van der Waals surface area contributed by atoms with Gasteiger partial charge in [-0.15, -0.1) is 0 Å². The van der Waals surface area contributed by atoms with Crippen molar-refractivity contribution in [2.75, 3.05) is 19.6 Å². The summed E-state index contributed by atoms with van der Waals surface area (Å²) in [5.41, 5.74) is 4.42. The van der Waals surface area contributed by atoms with E-state index in [1.807, 2.05) is 30.3 Å². The third-order valence-corrected chi connectivity index (χ3v) is 5.47. The van der Waals surface area contributed by atoms with Crippen molar-refractivity contribution in [1.29, 1.82) is 0 Å². The highest BCUT2D eigenvalue weighted by atomic mass is 35.5. The second kappa shape index (κ2) is 8.77. The van der Waals surface area contributed by atoms with E-state index in [1.165, 1.54) is 11.1 Å². The number of aryl methyl sites for hydroxylation is 1. The predicted molar refractivity (Wildman–Crippen MR) is 113 cm³/mol. The number of hydrogen-bond donors (Lipinski definition) is 0. The minimum absolute atomic E-state index is 0.439. The van der Waals surface area contributed by atoms with Crippen LogP contribution in [0.3, 0.4) is 0 Å². The number of rotatable bonds is 8. The highest BCUT2D eigenvalue weighted by Gasteiger charge is 2.13. The quantitative estimate of drug-likeness (QED) is 0.532. The summed E-state index contributed by atoms with van der Waals surface area (Å²) in [6.45, 7) is 12.9. The SMILES string of the molecule is CCN(CC)CCn1c(COc2cccc(C)c2C)nc2ccc(Cl)cc21. The van der Waals surface area contributed by atoms with E-state index in [9.17, 15) is 0 Å². The number of hydrogen-bond acceptors (Lipinski definition) is 3. The van der Waals surface area contributed by atoms with Crippen molar-refractivity contribution in [2.45, 2.75) is 40.8 Å². The molecule has 1 aromatic heterocycles. The second-order valence-electron chi connectivity index (χ2n) is 6.83. The Bertz CT molecular complexity index is 915. The first-order valence-electron chi connectivity index (χ1n) is 9.59. The van der Waals surface area contributed by atoms with Gasteiger partial charge in [-0.25, -0.2) is 4.98 Å². The summed E-state index contributed by atoms with van der Waals surface area (Å²) in [5.74, 6) is 1.84. The van der Waals surface area contributed by atoms with Crippen molar-refractivity contribution < 1.29 is 4.74 Å². The number of halogens is 1. The molecule has 5 heteroatoms. The summed E-state index contributed by atoms with van der Waals surface area (Å²) in [6.07, 6.45) is 0. The van der Waals surface area contributed by atoms with Gasteiger partial charge in [-0.2, -0.15) is 0 Å². The Hall–Kier alpha value is -2.04. The van der Waals surface area contributed by atoms with Crippen molar-refractivity contribution in [2.24, 2.45) is 0 Å². The third-order valence-electron chi connectivity index (χ3n) is 5.24. The molecule has 0 aliphatic rings. The Morgan fingerprint density at radius 2 is 1.89 bits per heavy atom. The van der Waals surface area contributed by atoms with E-state index in [1.54, 1.807) is 0 Å². The van der Waals surface area contributed by atoms with Gasteiger partial charge in [-0.05, 0) is 62.3 Å². The average molecular weight is 386 g/mol. The maximum atomic E-state index is 6.25. The van der Waals surface area contributed by atoms with Crippen molar-refractivity contribution in [3.05, 3.63) is 58.4 Å². The smallest absolute Gasteiger partial charge is 0.148 e. The summed E-state index contributed by atoms with van der Waals surface area (Å²) >= 11 is 6.25. The minimum Gasteiger partial charge on any atom is -0.485 e. The molecule has 0 spiro atoms. The van der Waals surface area contributed by atoms with Crippen LogP contribution in [0.4, 0.5) is 0 Å². The normalized spacial score (nSPS) is 11.5. The van der Waals surface area contributed by atoms with Gasteiger partial charge in [0.15, 0.2) is 0 Å². The van der Waals surface area contributed by atoms with Gasteiger partial charge in [0.25, 0.3) is 0 Å². The fraction of sp³-hybridized carbons (Fsp3) is 0.409. The van der Waals surface area contributed by atoms with Gasteiger partial charge in [0, 0.05) is 18.1 Å². The number of imidazole rings is 1. The minimum atomic E-state index is 0.439. The van der Waals surface area contributed by atoms with E-state index in [4.69, 9.17) is 21.3 Å². The molecule has 1 heterocycles. The summed E-state index contributed by atoms with van der Waals surface area (Å²) < 4.78 is 8.37. The van der Waals surface area contributed by atoms with Crippen LogP contribution < -0.4 is 4.74 Å². The molecule has 27 heavy (non-hydrogen) atoms. The van der Waals surface area contributed by atoms with E-state index in [-0.39, 0.29) is 0 Å². The Morgan fingerprint density at radius 1 is 1.11 bits per heavy atom. The van der Waals surface area contributed by atoms with Crippen LogP contribution in [-0.4, -0.2) is 34.1 Å². The fourth-order valence-corrected chi connectivity index (χ4v) is 3.48. The Balaban J connectivity index is 1.88. The highest BCUT2D eigenvalue weighted by molar-refractivity contribution is 6.31. The number of nitrogens with zero attached hydrogens (tertiary/aromatic N) is 3. The van der Waals surface area contributed by atoms with Crippen molar-refractivity contribution in [3.8, 4) is 5.75 Å². The van der Waals surface area contributed by atoms with Gasteiger partial charge in [-0.1, -0.05) is 37.6 Å². The molecule has 0 atom stereocenters. The average Bonchev–Trinajstić information content (AvgIpc) is 3.00. The molecule has 0 unspecified atom stereocenters. The van der Waals surface area contributed by atoms with Gasteiger partial charge in [0.05, 0.1) is 11.0 Å². The van der Waals surface area contributed by atoms with E-state index in [0.717, 1.165) is 53.8 Å². The lowest BCUT2D eigenvalue weighted by Crippen LogP contribution is -2.27. The molecular formula is C22H28ClN3O. The number of fused-ring (bicyclic) bond motifs is 1. The van der Waals surface area contributed by atoms with Crippen molar-refractivity contribution in [1.82, 2.24) is 14.5 Å². The molecule has 0 fully saturated rings. The van der Waals surface area contributed by atoms with E-state index in [0.29, 0.717) is 6.61 Å². The van der Waals surface area contributed by atoms with Crippen molar-refractivity contribution >= 4 is 22.6 Å². The maximum Gasteiger partial charge on any atom is 0.148 e. The predicted octanol–water partition coefficient (Wildman–Crippen LogP) is 5.23. The van der Waals surface area contributed by atoms with Crippen LogP contribution >= 0.6 is 11.6 Å². The van der Waals surface area contributed by atoms with Crippen LogP contribution in [0.5, 0.6) is 5.75 Å². The molecule has 3 aromatic rings. The number of likely N-dealkylation sites (N-methyl/N-ethyl adjacent to an activating group) is 1. The highest BCUT2D eigenvalue weighted by Crippen LogP contribution is 2.24. The zero-order valence-electron chi connectivity index (χ0n) is 16.6. The summed E-state index contributed by atoms with van der Waals surface area (Å²) in [5, 5.41) is 0.730. The van der Waals surface area contributed by atoms with Gasteiger partial charge < -0.3 is 14.2 Å². The first kappa shape index (κ1) is 19.7. The first-order valence-corrected chi connectivity index (χ1v) is 9.97. The van der Waals surface area contributed by atoms with E-state index in [2.05, 4.69) is 43.2 Å². The topological polar surface area (TPSA) is 30.3 Å². The molecule has 0 aliphatic heterocycles.